The first-order valence-corrected chi connectivity index (χ1v) is 5.77. The van der Waals surface area contributed by atoms with Crippen LogP contribution in [0.3, 0.4) is 0 Å². The number of carbonyl (C=O) groups is 2. The summed E-state index contributed by atoms with van der Waals surface area (Å²) in [5.41, 5.74) is 0.674. The van der Waals surface area contributed by atoms with Gasteiger partial charge in [0, 0.05) is 6.54 Å². The predicted octanol–water partition coefficient (Wildman–Crippen LogP) is 1.69. The van der Waals surface area contributed by atoms with E-state index in [9.17, 15) is 14.0 Å². The maximum Gasteiger partial charge on any atom is 0.323 e. The second-order valence-electron chi connectivity index (χ2n) is 4.01. The third-order valence-corrected chi connectivity index (χ3v) is 2.44. The van der Waals surface area contributed by atoms with Crippen LogP contribution in [0.1, 0.15) is 18.9 Å². The molecule has 5 heteroatoms. The Balaban J connectivity index is 2.65. The van der Waals surface area contributed by atoms with Gasteiger partial charge in [-0.25, -0.2) is 4.39 Å². The lowest BCUT2D eigenvalue weighted by Gasteiger charge is -2.19. The lowest BCUT2D eigenvalue weighted by atomic mass is 10.1. The van der Waals surface area contributed by atoms with E-state index in [0.717, 1.165) is 0 Å². The molecule has 0 aliphatic carbocycles. The zero-order chi connectivity index (χ0) is 13.5. The largest absolute Gasteiger partial charge is 0.480 e. The van der Waals surface area contributed by atoms with Crippen molar-refractivity contribution in [2.45, 2.75) is 19.8 Å². The van der Waals surface area contributed by atoms with Gasteiger partial charge in [-0.15, -0.1) is 0 Å². The van der Waals surface area contributed by atoms with Crippen molar-refractivity contribution >= 4 is 11.9 Å². The van der Waals surface area contributed by atoms with Crippen LogP contribution >= 0.6 is 0 Å². The fourth-order valence-electron chi connectivity index (χ4n) is 1.61. The second kappa shape index (κ2) is 6.74. The summed E-state index contributed by atoms with van der Waals surface area (Å²) in [6.45, 7) is 1.99. The fraction of sp³-hybridized carbons (Fsp3) is 0.385. The van der Waals surface area contributed by atoms with Crippen molar-refractivity contribution in [3.8, 4) is 0 Å². The third-order valence-electron chi connectivity index (χ3n) is 2.44. The maximum atomic E-state index is 12.7. The molecule has 1 aromatic carbocycles. The average Bonchev–Trinajstić information content (AvgIpc) is 2.31. The molecule has 0 radical (unpaired) electrons. The Labute approximate surface area is 105 Å². The highest BCUT2D eigenvalue weighted by Crippen LogP contribution is 2.06. The summed E-state index contributed by atoms with van der Waals surface area (Å²) in [7, 11) is 0. The van der Waals surface area contributed by atoms with Gasteiger partial charge in [0.05, 0.1) is 6.42 Å². The van der Waals surface area contributed by atoms with Gasteiger partial charge in [-0.2, -0.15) is 0 Å². The van der Waals surface area contributed by atoms with Crippen molar-refractivity contribution < 1.29 is 19.1 Å². The van der Waals surface area contributed by atoms with Crippen LogP contribution in [0.2, 0.25) is 0 Å². The van der Waals surface area contributed by atoms with Crippen molar-refractivity contribution in [1.82, 2.24) is 4.90 Å². The summed E-state index contributed by atoms with van der Waals surface area (Å²) in [4.78, 5) is 23.8. The van der Waals surface area contributed by atoms with E-state index in [1.807, 2.05) is 6.92 Å². The summed E-state index contributed by atoms with van der Waals surface area (Å²) in [5, 5.41) is 8.72. The summed E-state index contributed by atoms with van der Waals surface area (Å²) in [6, 6.07) is 5.62. The molecule has 1 N–H and O–H groups in total. The monoisotopic (exact) mass is 253 g/mol. The zero-order valence-electron chi connectivity index (χ0n) is 10.2. The van der Waals surface area contributed by atoms with Gasteiger partial charge in [-0.3, -0.25) is 9.59 Å². The molecule has 0 aromatic heterocycles. The van der Waals surface area contributed by atoms with Gasteiger partial charge < -0.3 is 10.0 Å². The number of carbonyl (C=O) groups excluding carboxylic acids is 1. The Hall–Kier alpha value is -1.91. The van der Waals surface area contributed by atoms with Crippen LogP contribution < -0.4 is 0 Å². The molecule has 0 saturated heterocycles. The van der Waals surface area contributed by atoms with Crippen molar-refractivity contribution in [2.24, 2.45) is 0 Å². The molecule has 1 amide bonds. The summed E-state index contributed by atoms with van der Waals surface area (Å²) in [6.07, 6.45) is 0.788. The maximum absolute atomic E-state index is 12.7. The van der Waals surface area contributed by atoms with E-state index in [4.69, 9.17) is 5.11 Å². The SMILES string of the molecule is CCCN(CC(=O)O)C(=O)Cc1ccc(F)cc1. The molecule has 0 spiro atoms. The van der Waals surface area contributed by atoms with E-state index in [2.05, 4.69) is 0 Å². The molecule has 0 atom stereocenters. The molecule has 0 heterocycles. The average molecular weight is 253 g/mol. The van der Waals surface area contributed by atoms with Gasteiger partial charge in [-0.1, -0.05) is 19.1 Å². The first-order valence-electron chi connectivity index (χ1n) is 5.77. The minimum absolute atomic E-state index is 0.0908. The number of halogens is 1. The Morgan fingerprint density at radius 2 is 1.89 bits per heavy atom. The Morgan fingerprint density at radius 1 is 1.28 bits per heavy atom. The number of hydrogen-bond donors (Lipinski definition) is 1. The van der Waals surface area contributed by atoms with Crippen molar-refractivity contribution in [3.63, 3.8) is 0 Å². The van der Waals surface area contributed by atoms with Crippen molar-refractivity contribution in [3.05, 3.63) is 35.6 Å². The van der Waals surface area contributed by atoms with Crippen molar-refractivity contribution in [1.29, 1.82) is 0 Å². The number of aliphatic carboxylic acids is 1. The molecule has 0 aliphatic heterocycles. The first kappa shape index (κ1) is 14.2. The van der Waals surface area contributed by atoms with Crippen LogP contribution in [0.4, 0.5) is 4.39 Å². The molecule has 0 bridgehead atoms. The molecule has 1 rings (SSSR count). The van der Waals surface area contributed by atoms with Gasteiger partial charge in [0.1, 0.15) is 12.4 Å². The van der Waals surface area contributed by atoms with E-state index < -0.39 is 5.97 Å². The van der Waals surface area contributed by atoms with Crippen LogP contribution in [-0.2, 0) is 16.0 Å². The van der Waals surface area contributed by atoms with Gasteiger partial charge in [-0.05, 0) is 24.1 Å². The predicted molar refractivity (Wildman–Crippen MR) is 64.6 cm³/mol. The molecule has 18 heavy (non-hydrogen) atoms. The molecular weight excluding hydrogens is 237 g/mol. The summed E-state index contributed by atoms with van der Waals surface area (Å²) < 4.78 is 12.7. The number of carboxylic acids is 1. The fourth-order valence-corrected chi connectivity index (χ4v) is 1.61. The van der Waals surface area contributed by atoms with Crippen LogP contribution in [0.5, 0.6) is 0 Å². The van der Waals surface area contributed by atoms with Crippen LogP contribution in [0.15, 0.2) is 24.3 Å². The molecule has 0 unspecified atom stereocenters. The van der Waals surface area contributed by atoms with Crippen LogP contribution in [0.25, 0.3) is 0 Å². The highest BCUT2D eigenvalue weighted by molar-refractivity contribution is 5.82. The number of hydrogen-bond acceptors (Lipinski definition) is 2. The zero-order valence-corrected chi connectivity index (χ0v) is 10.2. The minimum Gasteiger partial charge on any atom is -0.480 e. The standard InChI is InChI=1S/C13H16FNO3/c1-2-7-15(9-13(17)18)12(16)8-10-3-5-11(14)6-4-10/h3-6H,2,7-9H2,1H3,(H,17,18). The molecular formula is C13H16FNO3. The number of benzene rings is 1. The topological polar surface area (TPSA) is 57.6 Å². The minimum atomic E-state index is -1.03. The highest BCUT2D eigenvalue weighted by atomic mass is 19.1. The normalized spacial score (nSPS) is 10.1. The van der Waals surface area contributed by atoms with E-state index >= 15 is 0 Å². The lowest BCUT2D eigenvalue weighted by Crippen LogP contribution is -2.37. The van der Waals surface area contributed by atoms with Crippen molar-refractivity contribution in [2.75, 3.05) is 13.1 Å². The van der Waals surface area contributed by atoms with E-state index in [1.165, 1.54) is 29.2 Å². The van der Waals surface area contributed by atoms with Crippen LogP contribution in [0, 0.1) is 5.82 Å². The summed E-state index contributed by atoms with van der Waals surface area (Å²) in [5.74, 6) is -1.65. The molecule has 1 aromatic rings. The quantitative estimate of drug-likeness (QED) is 0.839. The van der Waals surface area contributed by atoms with Gasteiger partial charge >= 0.3 is 5.97 Å². The third kappa shape index (κ3) is 4.53. The van der Waals surface area contributed by atoms with Gasteiger partial charge in [0.25, 0.3) is 0 Å². The van der Waals surface area contributed by atoms with E-state index in [-0.39, 0.29) is 24.7 Å². The van der Waals surface area contributed by atoms with Crippen LogP contribution in [-0.4, -0.2) is 35.0 Å². The Kier molecular flexibility index (Phi) is 5.30. The highest BCUT2D eigenvalue weighted by Gasteiger charge is 2.16. The lowest BCUT2D eigenvalue weighted by molar-refractivity contribution is -0.144. The molecule has 4 nitrogen and oxygen atoms in total. The number of rotatable bonds is 6. The van der Waals surface area contributed by atoms with E-state index in [0.29, 0.717) is 18.5 Å². The molecule has 98 valence electrons. The number of nitrogens with zero attached hydrogens (tertiary/aromatic N) is 1. The Morgan fingerprint density at radius 3 is 2.39 bits per heavy atom. The second-order valence-corrected chi connectivity index (χ2v) is 4.01. The number of amides is 1. The molecule has 0 aliphatic rings. The first-order chi connectivity index (χ1) is 8.52. The van der Waals surface area contributed by atoms with Gasteiger partial charge in [0.15, 0.2) is 0 Å². The molecule has 0 saturated carbocycles. The smallest absolute Gasteiger partial charge is 0.323 e. The number of carboxylic acid groups (broad SMARTS) is 1. The Bertz CT molecular complexity index is 417. The van der Waals surface area contributed by atoms with Gasteiger partial charge in [0.2, 0.25) is 5.91 Å². The van der Waals surface area contributed by atoms with E-state index in [1.54, 1.807) is 0 Å². The molecule has 0 fully saturated rings. The summed E-state index contributed by atoms with van der Waals surface area (Å²) >= 11 is 0.